The molecular weight excluding hydrogens is 852 g/mol. The topological polar surface area (TPSA) is 105 Å². The van der Waals surface area contributed by atoms with E-state index in [2.05, 4.69) is 19.2 Å². The van der Waals surface area contributed by atoms with Crippen molar-refractivity contribution in [3.8, 4) is 0 Å². The highest BCUT2D eigenvalue weighted by Gasteiger charge is 2.28. The maximum atomic E-state index is 13.0. The second-order valence-electron chi connectivity index (χ2n) is 22.1. The first-order valence-corrected chi connectivity index (χ1v) is 31.4. The van der Waals surface area contributed by atoms with Gasteiger partial charge >= 0.3 is 7.82 Å². The van der Waals surface area contributed by atoms with Crippen LogP contribution in [-0.4, -0.2) is 73.4 Å². The third-order valence-electron chi connectivity index (χ3n) is 14.1. The van der Waals surface area contributed by atoms with E-state index in [-0.39, 0.29) is 19.1 Å². The number of carbonyl (C=O) groups is 1. The van der Waals surface area contributed by atoms with Gasteiger partial charge in [-0.3, -0.25) is 13.8 Å². The lowest BCUT2D eigenvalue weighted by atomic mass is 10.0. The molecule has 0 aliphatic heterocycles. The number of hydrogen-bond acceptors (Lipinski definition) is 5. The van der Waals surface area contributed by atoms with E-state index in [4.69, 9.17) is 9.05 Å². The summed E-state index contributed by atoms with van der Waals surface area (Å²) in [6, 6.07) is -0.755. The van der Waals surface area contributed by atoms with Gasteiger partial charge in [0, 0.05) is 6.42 Å². The summed E-state index contributed by atoms with van der Waals surface area (Å²) in [6.07, 6.45) is 60.2. The first-order valence-electron chi connectivity index (χ1n) is 29.9. The number of phosphoric acid groups is 1. The van der Waals surface area contributed by atoms with Crippen LogP contribution in [0.25, 0.3) is 0 Å². The fourth-order valence-corrected chi connectivity index (χ4v) is 10.1. The highest BCUT2D eigenvalue weighted by atomic mass is 31.2. The van der Waals surface area contributed by atoms with Crippen LogP contribution in [0.1, 0.15) is 316 Å². The molecule has 0 rings (SSSR count). The number of rotatable bonds is 56. The quantitative estimate of drug-likeness (QED) is 0.0319. The van der Waals surface area contributed by atoms with Crippen LogP contribution >= 0.6 is 7.82 Å². The Hall–Kier alpha value is -0.500. The molecule has 3 unspecified atom stereocenters. The third kappa shape index (κ3) is 53.1. The highest BCUT2D eigenvalue weighted by molar-refractivity contribution is 7.47. The van der Waals surface area contributed by atoms with Crippen molar-refractivity contribution in [3.63, 3.8) is 0 Å². The minimum atomic E-state index is -4.32. The summed E-state index contributed by atoms with van der Waals surface area (Å²) in [6.45, 7) is 4.95. The van der Waals surface area contributed by atoms with E-state index in [0.717, 1.165) is 38.5 Å². The normalized spacial score (nSPS) is 13.8. The van der Waals surface area contributed by atoms with Crippen LogP contribution in [0, 0.1) is 0 Å². The Bertz CT molecular complexity index is 1060. The van der Waals surface area contributed by atoms with Crippen molar-refractivity contribution in [3.05, 3.63) is 0 Å². The molecular formula is C58H120N2O6P+. The van der Waals surface area contributed by atoms with Gasteiger partial charge in [-0.15, -0.1) is 0 Å². The van der Waals surface area contributed by atoms with Crippen molar-refractivity contribution in [2.75, 3.05) is 40.9 Å². The maximum Gasteiger partial charge on any atom is 0.472 e. The second kappa shape index (κ2) is 50.4. The molecule has 0 saturated carbocycles. The Balaban J connectivity index is 4.09. The molecule has 3 N–H and O–H groups in total. The number of aliphatic hydroxyl groups is 1. The van der Waals surface area contributed by atoms with E-state index in [1.165, 1.54) is 250 Å². The largest absolute Gasteiger partial charge is 0.472 e. The summed E-state index contributed by atoms with van der Waals surface area (Å²) in [7, 11) is 1.64. The average Bonchev–Trinajstić information content (AvgIpc) is 3.29. The molecule has 9 heteroatoms. The number of nitrogens with zero attached hydrogens (tertiary/aromatic N) is 1. The average molecular weight is 973 g/mol. The number of phosphoric ester groups is 1. The van der Waals surface area contributed by atoms with Crippen LogP contribution in [0.3, 0.4) is 0 Å². The fraction of sp³-hybridized carbons (Fsp3) is 0.983. The van der Waals surface area contributed by atoms with Crippen LogP contribution in [0.15, 0.2) is 0 Å². The minimum Gasteiger partial charge on any atom is -0.391 e. The van der Waals surface area contributed by atoms with E-state index in [1.807, 2.05) is 21.1 Å². The number of carbonyl (C=O) groups excluding carboxylic acids is 1. The van der Waals surface area contributed by atoms with E-state index in [1.54, 1.807) is 0 Å². The van der Waals surface area contributed by atoms with Crippen LogP contribution < -0.4 is 5.32 Å². The van der Waals surface area contributed by atoms with Crippen molar-refractivity contribution >= 4 is 13.7 Å². The molecule has 0 aromatic rings. The minimum absolute atomic E-state index is 0.0792. The SMILES string of the molecule is CCCCCCCCCCCCCCCCCCCCCCCCCCCC(=O)NC(COP(=O)(O)OCC[N+](C)(C)C)C(O)CCCCCCCCCCCCCCCCCCCCCC. The Kier molecular flexibility index (Phi) is 50.1. The van der Waals surface area contributed by atoms with Gasteiger partial charge in [-0.2, -0.15) is 0 Å². The molecule has 0 aromatic carbocycles. The molecule has 0 aromatic heterocycles. The van der Waals surface area contributed by atoms with Crippen molar-refractivity contribution in [2.45, 2.75) is 328 Å². The lowest BCUT2D eigenvalue weighted by Crippen LogP contribution is -2.46. The molecule has 1 amide bonds. The summed E-state index contributed by atoms with van der Waals surface area (Å²) in [5.41, 5.74) is 0. The molecule has 0 fully saturated rings. The summed E-state index contributed by atoms with van der Waals surface area (Å²) in [5, 5.41) is 14.1. The number of hydrogen-bond donors (Lipinski definition) is 3. The predicted octanol–water partition coefficient (Wildman–Crippen LogP) is 18.0. The number of unbranched alkanes of at least 4 members (excludes halogenated alkanes) is 43. The van der Waals surface area contributed by atoms with E-state index < -0.39 is 20.0 Å². The molecule has 0 spiro atoms. The summed E-state index contributed by atoms with van der Waals surface area (Å²) >= 11 is 0. The number of aliphatic hydroxyl groups excluding tert-OH is 1. The molecule has 402 valence electrons. The summed E-state index contributed by atoms with van der Waals surface area (Å²) in [4.78, 5) is 23.4. The monoisotopic (exact) mass is 972 g/mol. The Morgan fingerprint density at radius 1 is 0.448 bits per heavy atom. The van der Waals surface area contributed by atoms with Crippen molar-refractivity contribution < 1.29 is 32.9 Å². The van der Waals surface area contributed by atoms with Crippen LogP contribution in [0.5, 0.6) is 0 Å². The molecule has 67 heavy (non-hydrogen) atoms. The zero-order chi connectivity index (χ0) is 49.2. The first-order chi connectivity index (χ1) is 32.5. The molecule has 0 radical (unpaired) electrons. The molecule has 0 saturated heterocycles. The highest BCUT2D eigenvalue weighted by Crippen LogP contribution is 2.43. The van der Waals surface area contributed by atoms with Crippen molar-refractivity contribution in [1.29, 1.82) is 0 Å². The Morgan fingerprint density at radius 2 is 0.716 bits per heavy atom. The van der Waals surface area contributed by atoms with E-state index >= 15 is 0 Å². The molecule has 3 atom stereocenters. The van der Waals surface area contributed by atoms with Gasteiger partial charge in [0.2, 0.25) is 5.91 Å². The maximum absolute atomic E-state index is 13.0. The van der Waals surface area contributed by atoms with Crippen molar-refractivity contribution in [1.82, 2.24) is 5.32 Å². The van der Waals surface area contributed by atoms with E-state index in [9.17, 15) is 19.4 Å². The number of nitrogens with one attached hydrogen (secondary N) is 1. The molecule has 0 aliphatic rings. The van der Waals surface area contributed by atoms with Gasteiger partial charge in [-0.1, -0.05) is 296 Å². The smallest absolute Gasteiger partial charge is 0.391 e. The van der Waals surface area contributed by atoms with Gasteiger partial charge in [0.1, 0.15) is 13.2 Å². The summed E-state index contributed by atoms with van der Waals surface area (Å²) in [5.74, 6) is -0.135. The van der Waals surface area contributed by atoms with Gasteiger partial charge in [0.05, 0.1) is 39.9 Å². The zero-order valence-corrected chi connectivity index (χ0v) is 46.8. The van der Waals surface area contributed by atoms with Crippen LogP contribution in [-0.2, 0) is 18.4 Å². The lowest BCUT2D eigenvalue weighted by molar-refractivity contribution is -0.870. The van der Waals surface area contributed by atoms with Crippen LogP contribution in [0.4, 0.5) is 0 Å². The van der Waals surface area contributed by atoms with E-state index in [0.29, 0.717) is 23.9 Å². The Morgan fingerprint density at radius 3 is 1.00 bits per heavy atom. The fourth-order valence-electron chi connectivity index (χ4n) is 9.40. The van der Waals surface area contributed by atoms with Gasteiger partial charge in [-0.05, 0) is 12.8 Å². The van der Waals surface area contributed by atoms with Gasteiger partial charge in [0.15, 0.2) is 0 Å². The summed E-state index contributed by atoms with van der Waals surface area (Å²) < 4.78 is 23.8. The second-order valence-corrected chi connectivity index (χ2v) is 23.5. The number of quaternary nitrogens is 1. The van der Waals surface area contributed by atoms with Crippen LogP contribution in [0.2, 0.25) is 0 Å². The molecule has 0 aliphatic carbocycles. The standard InChI is InChI=1S/C58H119N2O6P/c1-6-8-10-12-14-16-18-20-22-24-26-28-29-30-31-32-34-36-38-40-42-44-46-48-50-52-58(62)59-56(55-66-67(63,64)65-54-53-60(3,4)5)57(61)51-49-47-45-43-41-39-37-35-33-27-25-23-21-19-17-15-13-11-9-7-2/h56-57,61H,6-55H2,1-5H3,(H-,59,62,63,64)/p+1. The Labute approximate surface area is 419 Å². The number of likely N-dealkylation sites (N-methyl/N-ethyl adjacent to an activating group) is 1. The third-order valence-corrected chi connectivity index (χ3v) is 15.1. The zero-order valence-electron chi connectivity index (χ0n) is 45.9. The molecule has 0 heterocycles. The van der Waals surface area contributed by atoms with Gasteiger partial charge in [0.25, 0.3) is 0 Å². The first kappa shape index (κ1) is 66.5. The lowest BCUT2D eigenvalue weighted by Gasteiger charge is -2.26. The van der Waals surface area contributed by atoms with Crippen molar-refractivity contribution in [2.24, 2.45) is 0 Å². The van der Waals surface area contributed by atoms with Gasteiger partial charge < -0.3 is 19.8 Å². The van der Waals surface area contributed by atoms with Gasteiger partial charge in [-0.25, -0.2) is 4.57 Å². The molecule has 0 bridgehead atoms. The predicted molar refractivity (Wildman–Crippen MR) is 291 cm³/mol. The number of amides is 1. The molecule has 8 nitrogen and oxygen atoms in total.